The Balaban J connectivity index is 1.57. The molecule has 3 rings (SSSR count). The lowest BCUT2D eigenvalue weighted by atomic mass is 10.1. The van der Waals surface area contributed by atoms with Crippen molar-refractivity contribution in [2.75, 3.05) is 19.0 Å². The Morgan fingerprint density at radius 1 is 1.29 bits per heavy atom. The number of fused-ring (bicyclic) bond motifs is 1. The summed E-state index contributed by atoms with van der Waals surface area (Å²) in [6.45, 7) is 6.57. The molecule has 1 aliphatic rings. The van der Waals surface area contributed by atoms with Gasteiger partial charge in [0, 0.05) is 38.2 Å². The number of amides is 1. The molecule has 31 heavy (non-hydrogen) atoms. The Labute approximate surface area is 183 Å². The zero-order valence-corrected chi connectivity index (χ0v) is 18.6. The number of carbonyl (C=O) groups is 1. The summed E-state index contributed by atoms with van der Waals surface area (Å²) in [5.74, 6) is 2.57. The minimum absolute atomic E-state index is 0.0456. The summed E-state index contributed by atoms with van der Waals surface area (Å²) in [7, 11) is 1.65. The zero-order valence-electron chi connectivity index (χ0n) is 18.6. The van der Waals surface area contributed by atoms with Crippen molar-refractivity contribution in [1.82, 2.24) is 25.4 Å². The minimum Gasteiger partial charge on any atom is -0.377 e. The molecule has 2 aromatic rings. The topological polar surface area (TPSA) is 105 Å². The van der Waals surface area contributed by atoms with Gasteiger partial charge in [0.25, 0.3) is 0 Å². The number of guanidine groups is 1. The highest BCUT2D eigenvalue weighted by Gasteiger charge is 2.22. The van der Waals surface area contributed by atoms with Crippen molar-refractivity contribution in [2.24, 2.45) is 4.99 Å². The molecule has 1 aliphatic heterocycles. The van der Waals surface area contributed by atoms with Crippen LogP contribution in [0.1, 0.15) is 50.3 Å². The van der Waals surface area contributed by atoms with E-state index in [9.17, 15) is 4.79 Å². The second kappa shape index (κ2) is 11.5. The molecule has 9 nitrogen and oxygen atoms in total. The summed E-state index contributed by atoms with van der Waals surface area (Å²) in [4.78, 5) is 21.0. The van der Waals surface area contributed by atoms with Crippen LogP contribution in [0, 0.1) is 0 Å². The number of aryl methyl sites for hydroxylation is 1. The summed E-state index contributed by atoms with van der Waals surface area (Å²) in [5.41, 5.74) is 1.90. The highest BCUT2D eigenvalue weighted by Crippen LogP contribution is 2.14. The number of anilines is 1. The van der Waals surface area contributed by atoms with E-state index < -0.39 is 0 Å². The number of benzene rings is 1. The van der Waals surface area contributed by atoms with E-state index >= 15 is 0 Å². The number of nitrogens with zero attached hydrogens (tertiary/aromatic N) is 4. The van der Waals surface area contributed by atoms with E-state index in [0.29, 0.717) is 19.6 Å². The molecule has 0 saturated carbocycles. The first-order valence-corrected chi connectivity index (χ1v) is 11.0. The van der Waals surface area contributed by atoms with Crippen molar-refractivity contribution in [3.05, 3.63) is 41.5 Å². The number of hydrogen-bond acceptors (Lipinski definition) is 5. The van der Waals surface area contributed by atoms with E-state index in [1.165, 1.54) is 0 Å². The molecule has 2 heterocycles. The summed E-state index contributed by atoms with van der Waals surface area (Å²) in [6, 6.07) is 8.06. The van der Waals surface area contributed by atoms with E-state index in [1.807, 2.05) is 35.9 Å². The van der Waals surface area contributed by atoms with Gasteiger partial charge in [-0.2, -0.15) is 5.10 Å². The third kappa shape index (κ3) is 6.78. The maximum Gasteiger partial charge on any atom is 0.224 e. The first kappa shape index (κ1) is 22.7. The molecule has 0 radical (unpaired) electrons. The van der Waals surface area contributed by atoms with Gasteiger partial charge in [0.15, 0.2) is 11.8 Å². The maximum atomic E-state index is 11.7. The molecule has 0 fully saturated rings. The van der Waals surface area contributed by atoms with Crippen molar-refractivity contribution in [1.29, 1.82) is 0 Å². The highest BCUT2D eigenvalue weighted by molar-refractivity contribution is 5.90. The number of carbonyl (C=O) groups excluding carboxylic acids is 1. The van der Waals surface area contributed by atoms with Crippen LogP contribution >= 0.6 is 0 Å². The number of aliphatic imine (C=N–C) groups is 1. The van der Waals surface area contributed by atoms with E-state index in [-0.39, 0.29) is 11.9 Å². The Hall–Kier alpha value is -2.94. The van der Waals surface area contributed by atoms with Crippen LogP contribution in [0.5, 0.6) is 0 Å². The molecule has 1 unspecified atom stereocenters. The molecule has 1 atom stereocenters. The van der Waals surface area contributed by atoms with Gasteiger partial charge in [-0.05, 0) is 37.5 Å². The third-order valence-electron chi connectivity index (χ3n) is 4.99. The van der Waals surface area contributed by atoms with Gasteiger partial charge in [-0.1, -0.05) is 19.1 Å². The first-order chi connectivity index (χ1) is 15.1. The van der Waals surface area contributed by atoms with Gasteiger partial charge < -0.3 is 20.7 Å². The van der Waals surface area contributed by atoms with E-state index in [1.54, 1.807) is 7.11 Å². The van der Waals surface area contributed by atoms with E-state index in [2.05, 4.69) is 33.0 Å². The molecule has 0 spiro atoms. The van der Waals surface area contributed by atoms with Crippen molar-refractivity contribution in [3.8, 4) is 0 Å². The Bertz CT molecular complexity index is 876. The standard InChI is InChI=1S/C22H33N7O2/c1-4-6-21(30)25-17-9-7-16(8-10-17)13-24-22(23-5-2)26-18-11-12-20-27-19(15-31-3)28-29(20)14-18/h7-10,18H,4-6,11-15H2,1-3H3,(H,25,30)(H2,23,24,26). The average Bonchev–Trinajstić information content (AvgIpc) is 3.15. The monoisotopic (exact) mass is 427 g/mol. The van der Waals surface area contributed by atoms with Crippen LogP contribution in [-0.4, -0.2) is 46.3 Å². The summed E-state index contributed by atoms with van der Waals surface area (Å²) in [6.07, 6.45) is 3.22. The van der Waals surface area contributed by atoms with Crippen molar-refractivity contribution in [2.45, 2.75) is 65.3 Å². The maximum absolute atomic E-state index is 11.7. The third-order valence-corrected chi connectivity index (χ3v) is 4.99. The lowest BCUT2D eigenvalue weighted by Crippen LogP contribution is -2.47. The van der Waals surface area contributed by atoms with E-state index in [4.69, 9.17) is 9.73 Å². The van der Waals surface area contributed by atoms with E-state index in [0.717, 1.165) is 61.2 Å². The van der Waals surface area contributed by atoms with Crippen LogP contribution in [-0.2, 0) is 35.6 Å². The van der Waals surface area contributed by atoms with Gasteiger partial charge in [0.05, 0.1) is 13.1 Å². The Morgan fingerprint density at radius 2 is 2.10 bits per heavy atom. The Kier molecular flexibility index (Phi) is 8.40. The predicted octanol–water partition coefficient (Wildman–Crippen LogP) is 2.23. The fraction of sp³-hybridized carbons (Fsp3) is 0.545. The summed E-state index contributed by atoms with van der Waals surface area (Å²) in [5, 5.41) is 14.3. The normalized spacial score (nSPS) is 16.0. The second-order valence-corrected chi connectivity index (χ2v) is 7.63. The lowest BCUT2D eigenvalue weighted by Gasteiger charge is -2.25. The molecular weight excluding hydrogens is 394 g/mol. The van der Waals surface area contributed by atoms with Crippen LogP contribution in [0.25, 0.3) is 0 Å². The number of aromatic nitrogens is 3. The van der Waals surface area contributed by atoms with Gasteiger partial charge in [0.1, 0.15) is 12.4 Å². The average molecular weight is 428 g/mol. The summed E-state index contributed by atoms with van der Waals surface area (Å²) >= 11 is 0. The van der Waals surface area contributed by atoms with Crippen molar-refractivity contribution in [3.63, 3.8) is 0 Å². The highest BCUT2D eigenvalue weighted by atomic mass is 16.5. The summed E-state index contributed by atoms with van der Waals surface area (Å²) < 4.78 is 7.10. The molecule has 1 amide bonds. The number of hydrogen-bond donors (Lipinski definition) is 3. The quantitative estimate of drug-likeness (QED) is 0.419. The fourth-order valence-electron chi connectivity index (χ4n) is 3.50. The minimum atomic E-state index is 0.0456. The predicted molar refractivity (Wildman–Crippen MR) is 121 cm³/mol. The SMILES string of the molecule is CCCC(=O)Nc1ccc(CN=C(NCC)NC2CCc3nc(COC)nn3C2)cc1. The number of rotatable bonds is 9. The van der Waals surface area contributed by atoms with Crippen LogP contribution in [0.2, 0.25) is 0 Å². The molecule has 1 aromatic heterocycles. The number of methoxy groups -OCH3 is 1. The van der Waals surface area contributed by atoms with Crippen molar-refractivity contribution >= 4 is 17.6 Å². The molecule has 0 saturated heterocycles. The largest absolute Gasteiger partial charge is 0.377 e. The van der Waals surface area contributed by atoms with Crippen LogP contribution in [0.4, 0.5) is 5.69 Å². The molecule has 0 bridgehead atoms. The second-order valence-electron chi connectivity index (χ2n) is 7.63. The number of nitrogens with one attached hydrogen (secondary N) is 3. The Morgan fingerprint density at radius 3 is 2.81 bits per heavy atom. The molecule has 168 valence electrons. The van der Waals surface area contributed by atoms with Gasteiger partial charge in [0.2, 0.25) is 5.91 Å². The van der Waals surface area contributed by atoms with Gasteiger partial charge >= 0.3 is 0 Å². The zero-order chi connectivity index (χ0) is 22.1. The molecular formula is C22H33N7O2. The lowest BCUT2D eigenvalue weighted by molar-refractivity contribution is -0.116. The van der Waals surface area contributed by atoms with Crippen molar-refractivity contribution < 1.29 is 9.53 Å². The van der Waals surface area contributed by atoms with Crippen LogP contribution in [0.3, 0.4) is 0 Å². The van der Waals surface area contributed by atoms with Gasteiger partial charge in [-0.15, -0.1) is 0 Å². The van der Waals surface area contributed by atoms with Crippen LogP contribution in [0.15, 0.2) is 29.3 Å². The van der Waals surface area contributed by atoms with Crippen LogP contribution < -0.4 is 16.0 Å². The van der Waals surface area contributed by atoms with Gasteiger partial charge in [-0.3, -0.25) is 4.79 Å². The molecule has 3 N–H and O–H groups in total. The number of ether oxygens (including phenoxy) is 1. The molecule has 9 heteroatoms. The first-order valence-electron chi connectivity index (χ1n) is 11.0. The molecule has 1 aromatic carbocycles. The smallest absolute Gasteiger partial charge is 0.224 e. The fourth-order valence-corrected chi connectivity index (χ4v) is 3.50. The molecule has 0 aliphatic carbocycles. The van der Waals surface area contributed by atoms with Gasteiger partial charge in [-0.25, -0.2) is 14.7 Å².